The van der Waals surface area contributed by atoms with E-state index in [0.29, 0.717) is 5.56 Å². The molecule has 0 fully saturated rings. The molecule has 3 nitrogen and oxygen atoms in total. The minimum atomic E-state index is -2.44. The summed E-state index contributed by atoms with van der Waals surface area (Å²) >= 11 is 0. The molecule has 0 N–H and O–H groups in total. The molecule has 0 radical (unpaired) electrons. The average Bonchev–Trinajstić information content (AvgIpc) is 3.15. The molecule has 0 atom stereocenters. The fraction of sp³-hybridized carbons (Fsp3) is 0.200. The van der Waals surface area contributed by atoms with Gasteiger partial charge < -0.3 is 14.7 Å². The molecular formula is C75H68BN3. The molecule has 4 aliphatic rings. The lowest BCUT2D eigenvalue weighted by atomic mass is 9.33. The molecule has 2 aliphatic carbocycles. The highest BCUT2D eigenvalue weighted by atomic mass is 15.2. The van der Waals surface area contributed by atoms with E-state index in [0.717, 1.165) is 73.2 Å². The number of hydrogen-bond acceptors (Lipinski definition) is 3. The van der Waals surface area contributed by atoms with E-state index in [1.807, 2.05) is 12.1 Å². The van der Waals surface area contributed by atoms with Gasteiger partial charge in [-0.2, -0.15) is 0 Å². The normalized spacial score (nSPS) is 15.6. The molecule has 386 valence electrons. The van der Waals surface area contributed by atoms with Crippen LogP contribution in [0.15, 0.2) is 212 Å². The van der Waals surface area contributed by atoms with Crippen molar-refractivity contribution in [1.82, 2.24) is 0 Å². The molecule has 0 bridgehead atoms. The first-order valence-corrected chi connectivity index (χ1v) is 28.2. The zero-order chi connectivity index (χ0) is 57.0. The summed E-state index contributed by atoms with van der Waals surface area (Å²) in [5, 5.41) is 0. The largest absolute Gasteiger partial charge is 0.311 e. The molecular weight excluding hydrogens is 954 g/mol. The first-order valence-electron chi connectivity index (χ1n) is 29.7. The molecule has 0 saturated carbocycles. The van der Waals surface area contributed by atoms with Gasteiger partial charge in [0, 0.05) is 66.0 Å². The van der Waals surface area contributed by atoms with Gasteiger partial charge in [-0.15, -0.1) is 0 Å². The van der Waals surface area contributed by atoms with Crippen molar-refractivity contribution in [3.05, 3.63) is 251 Å². The lowest BCUT2D eigenvalue weighted by Gasteiger charge is -2.45. The predicted octanol–water partition coefficient (Wildman–Crippen LogP) is 18.4. The van der Waals surface area contributed by atoms with Crippen molar-refractivity contribution in [2.24, 2.45) is 0 Å². The molecule has 0 amide bonds. The Hall–Kier alpha value is -8.34. The third-order valence-electron chi connectivity index (χ3n) is 18.0. The third kappa shape index (κ3) is 7.47. The SMILES string of the molecule is [2H]C([2H])([2H])c1cc2c3c(c1)N(c1ccc4c(c1)C(C)(C)c1ccccc1-4)c1cc(C(C)(C)C)ccc1B3c1ccc(N(c3ccccc3)c3ccc(C(C)(C)C)cc3-c3ccccc3)cc1N2c1ccc2c(c1)C(C)(C)c1ccccc1-2. The molecule has 0 aromatic heterocycles. The van der Waals surface area contributed by atoms with Crippen LogP contribution in [0, 0.1) is 6.85 Å². The Morgan fingerprint density at radius 1 is 0.405 bits per heavy atom. The monoisotopic (exact) mass is 1020 g/mol. The van der Waals surface area contributed by atoms with Crippen LogP contribution >= 0.6 is 0 Å². The number of nitrogens with zero attached hydrogens (tertiary/aromatic N) is 3. The van der Waals surface area contributed by atoms with Crippen LogP contribution in [0.3, 0.4) is 0 Å². The van der Waals surface area contributed by atoms with Gasteiger partial charge in [-0.1, -0.05) is 203 Å². The van der Waals surface area contributed by atoms with Gasteiger partial charge in [0.2, 0.25) is 0 Å². The van der Waals surface area contributed by atoms with Crippen molar-refractivity contribution in [3.63, 3.8) is 0 Å². The molecule has 2 aliphatic heterocycles. The lowest BCUT2D eigenvalue weighted by molar-refractivity contribution is 0.590. The second-order valence-corrected chi connectivity index (χ2v) is 25.6. The van der Waals surface area contributed by atoms with E-state index in [2.05, 4.69) is 284 Å². The first kappa shape index (κ1) is 45.7. The van der Waals surface area contributed by atoms with E-state index >= 15 is 0 Å². The summed E-state index contributed by atoms with van der Waals surface area (Å²) in [6.45, 7) is 20.3. The Balaban J connectivity index is 1.07. The van der Waals surface area contributed by atoms with Crippen molar-refractivity contribution in [3.8, 4) is 33.4 Å². The van der Waals surface area contributed by atoms with Crippen molar-refractivity contribution in [2.75, 3.05) is 14.7 Å². The molecule has 10 aromatic rings. The summed E-state index contributed by atoms with van der Waals surface area (Å²) in [4.78, 5) is 7.22. The van der Waals surface area contributed by atoms with Gasteiger partial charge >= 0.3 is 0 Å². The Bertz CT molecular complexity index is 4260. The Morgan fingerprint density at radius 3 is 1.44 bits per heavy atom. The standard InChI is InChI=1S/C75H68BN3/c1-47-40-69-71-70(41-47)79(53-33-36-58-56-27-19-21-29-61(56)75(10,11)63(58)45-53)68-46-54(77(51-24-16-13-17-25-51)66-39-31-49(72(2,3)4)42-59(66)48-22-14-12-15-23-48)34-38-65(68)76(71)64-37-30-50(73(5,6)7)43-67(64)78(69)52-32-35-57-55-26-18-20-28-60(55)74(8,9)62(57)44-52/h12-46H,1-11H3/i1D3. The summed E-state index contributed by atoms with van der Waals surface area (Å²) < 4.78 is 28.0. The number of para-hydroxylation sites is 1. The van der Waals surface area contributed by atoms with Crippen LogP contribution in [0.4, 0.5) is 51.2 Å². The molecule has 0 spiro atoms. The van der Waals surface area contributed by atoms with E-state index in [1.165, 1.54) is 61.1 Å². The third-order valence-corrected chi connectivity index (χ3v) is 18.0. The number of anilines is 9. The molecule has 79 heavy (non-hydrogen) atoms. The topological polar surface area (TPSA) is 9.72 Å². The fourth-order valence-corrected chi connectivity index (χ4v) is 13.9. The van der Waals surface area contributed by atoms with Crippen molar-refractivity contribution in [2.45, 2.75) is 97.7 Å². The molecule has 2 heterocycles. The Morgan fingerprint density at radius 2 is 0.886 bits per heavy atom. The second kappa shape index (κ2) is 17.3. The fourth-order valence-electron chi connectivity index (χ4n) is 13.9. The summed E-state index contributed by atoms with van der Waals surface area (Å²) in [5.74, 6) is 0. The molecule has 14 rings (SSSR count). The lowest BCUT2D eigenvalue weighted by Crippen LogP contribution is -2.61. The summed E-state index contributed by atoms with van der Waals surface area (Å²) in [5.41, 5.74) is 26.6. The van der Waals surface area contributed by atoms with E-state index in [9.17, 15) is 4.11 Å². The molecule has 4 heteroatoms. The van der Waals surface area contributed by atoms with Crippen LogP contribution in [0.5, 0.6) is 0 Å². The van der Waals surface area contributed by atoms with Crippen LogP contribution in [0.25, 0.3) is 33.4 Å². The summed E-state index contributed by atoms with van der Waals surface area (Å²) in [7, 11) is 0. The summed E-state index contributed by atoms with van der Waals surface area (Å²) in [6.07, 6.45) is 0. The number of fused-ring (bicyclic) bond motifs is 10. The van der Waals surface area contributed by atoms with Crippen LogP contribution in [-0.2, 0) is 21.7 Å². The van der Waals surface area contributed by atoms with Gasteiger partial charge in [-0.05, 0) is 180 Å². The van der Waals surface area contributed by atoms with Gasteiger partial charge in [-0.25, -0.2) is 0 Å². The predicted molar refractivity (Wildman–Crippen MR) is 338 cm³/mol. The maximum absolute atomic E-state index is 9.35. The zero-order valence-electron chi connectivity index (χ0n) is 50.1. The molecule has 0 unspecified atom stereocenters. The average molecular weight is 1030 g/mol. The van der Waals surface area contributed by atoms with Gasteiger partial charge in [-0.3, -0.25) is 0 Å². The van der Waals surface area contributed by atoms with Crippen LogP contribution in [-0.4, -0.2) is 6.71 Å². The number of hydrogen-bond donors (Lipinski definition) is 0. The van der Waals surface area contributed by atoms with Crippen LogP contribution < -0.4 is 31.1 Å². The summed E-state index contributed by atoms with van der Waals surface area (Å²) in [6, 6.07) is 78.1. The Labute approximate surface area is 473 Å². The number of rotatable bonds is 6. The molecule has 10 aromatic carbocycles. The number of aryl methyl sites for hydroxylation is 1. The van der Waals surface area contributed by atoms with Gasteiger partial charge in [0.05, 0.1) is 5.69 Å². The minimum Gasteiger partial charge on any atom is -0.311 e. The zero-order valence-corrected chi connectivity index (χ0v) is 47.1. The Kier molecular flexibility index (Phi) is 10.0. The highest BCUT2D eigenvalue weighted by Crippen LogP contribution is 2.55. The minimum absolute atomic E-state index is 0.0832. The van der Waals surface area contributed by atoms with E-state index in [1.54, 1.807) is 0 Å². The van der Waals surface area contributed by atoms with E-state index in [-0.39, 0.29) is 28.4 Å². The van der Waals surface area contributed by atoms with Crippen molar-refractivity contribution < 1.29 is 4.11 Å². The highest BCUT2D eigenvalue weighted by molar-refractivity contribution is 7.00. The van der Waals surface area contributed by atoms with E-state index < -0.39 is 6.85 Å². The quantitative estimate of drug-likeness (QED) is 0.154. The van der Waals surface area contributed by atoms with Crippen LogP contribution in [0.2, 0.25) is 0 Å². The van der Waals surface area contributed by atoms with Gasteiger partial charge in [0.15, 0.2) is 0 Å². The smallest absolute Gasteiger partial charge is 0.252 e. The van der Waals surface area contributed by atoms with Crippen LogP contribution in [0.1, 0.15) is 112 Å². The maximum Gasteiger partial charge on any atom is 0.252 e. The highest BCUT2D eigenvalue weighted by Gasteiger charge is 2.46. The number of benzene rings is 10. The molecule has 0 saturated heterocycles. The van der Waals surface area contributed by atoms with E-state index in [4.69, 9.17) is 0 Å². The van der Waals surface area contributed by atoms with Gasteiger partial charge in [0.25, 0.3) is 6.71 Å². The van der Waals surface area contributed by atoms with Crippen molar-refractivity contribution in [1.29, 1.82) is 0 Å². The first-order chi connectivity index (χ1) is 39.1. The maximum atomic E-state index is 9.35. The van der Waals surface area contributed by atoms with Gasteiger partial charge in [0.1, 0.15) is 0 Å². The second-order valence-electron chi connectivity index (χ2n) is 25.6. The van der Waals surface area contributed by atoms with Crippen molar-refractivity contribution >= 4 is 74.3 Å².